The fourth-order valence-electron chi connectivity index (χ4n) is 2.93. The molecule has 4 aromatic rings. The van der Waals surface area contributed by atoms with Crippen molar-refractivity contribution in [2.24, 2.45) is 0 Å². The number of alkyl halides is 3. The normalized spacial score (nSPS) is 11.6. The van der Waals surface area contributed by atoms with Crippen LogP contribution in [0.4, 0.5) is 24.5 Å². The van der Waals surface area contributed by atoms with Crippen molar-refractivity contribution in [3.05, 3.63) is 92.1 Å². The molecule has 0 aliphatic rings. The van der Waals surface area contributed by atoms with Gasteiger partial charge in [0.2, 0.25) is 5.82 Å². The maximum Gasteiger partial charge on any atom is 0.471 e. The Hall–Kier alpha value is -3.95. The summed E-state index contributed by atoms with van der Waals surface area (Å²) in [5.41, 5.74) is 1.32. The van der Waals surface area contributed by atoms with Crippen LogP contribution in [0, 0.1) is 0 Å². The third-order valence-electron chi connectivity index (χ3n) is 4.57. The van der Waals surface area contributed by atoms with E-state index in [-0.39, 0.29) is 23.7 Å². The molecular weight excluding hydrogens is 413 g/mol. The molecule has 0 spiro atoms. The van der Waals surface area contributed by atoms with E-state index in [0.717, 1.165) is 11.1 Å². The van der Waals surface area contributed by atoms with E-state index in [9.17, 15) is 22.8 Å². The molecule has 158 valence electrons. The molecule has 1 heterocycles. The SMILES string of the molecule is O=c1c(NCc2ccccc2)c(NCc2ccc(-c3noc(C(F)(F)F)n3)cc2)c1=O. The van der Waals surface area contributed by atoms with E-state index < -0.39 is 22.9 Å². The van der Waals surface area contributed by atoms with Crippen molar-refractivity contribution in [3.8, 4) is 11.4 Å². The molecule has 0 atom stereocenters. The van der Waals surface area contributed by atoms with E-state index in [4.69, 9.17) is 0 Å². The van der Waals surface area contributed by atoms with Gasteiger partial charge in [0.15, 0.2) is 0 Å². The Bertz CT molecular complexity index is 1260. The van der Waals surface area contributed by atoms with Crippen LogP contribution >= 0.6 is 0 Å². The molecule has 0 aliphatic heterocycles. The lowest BCUT2D eigenvalue weighted by atomic mass is 10.1. The molecule has 0 saturated heterocycles. The highest BCUT2D eigenvalue weighted by molar-refractivity contribution is 5.74. The molecule has 0 amide bonds. The zero-order valence-electron chi connectivity index (χ0n) is 15.9. The lowest BCUT2D eigenvalue weighted by molar-refractivity contribution is -0.159. The average Bonchev–Trinajstić information content (AvgIpc) is 3.27. The van der Waals surface area contributed by atoms with Gasteiger partial charge in [-0.25, -0.2) is 0 Å². The van der Waals surface area contributed by atoms with E-state index in [0.29, 0.717) is 12.1 Å². The number of benzene rings is 2. The van der Waals surface area contributed by atoms with Gasteiger partial charge in [0, 0.05) is 18.7 Å². The smallest absolute Gasteiger partial charge is 0.376 e. The second-order valence-electron chi connectivity index (χ2n) is 6.72. The molecule has 0 radical (unpaired) electrons. The van der Waals surface area contributed by atoms with Gasteiger partial charge in [0.05, 0.1) is 0 Å². The van der Waals surface area contributed by atoms with E-state index in [2.05, 4.69) is 25.3 Å². The van der Waals surface area contributed by atoms with Crippen molar-refractivity contribution in [1.29, 1.82) is 0 Å². The second kappa shape index (κ2) is 8.05. The summed E-state index contributed by atoms with van der Waals surface area (Å²) in [6.07, 6.45) is -4.71. The van der Waals surface area contributed by atoms with Gasteiger partial charge in [-0.15, -0.1) is 0 Å². The van der Waals surface area contributed by atoms with E-state index in [1.54, 1.807) is 24.3 Å². The quantitative estimate of drug-likeness (QED) is 0.434. The molecule has 0 aliphatic carbocycles. The van der Waals surface area contributed by atoms with Gasteiger partial charge >= 0.3 is 12.1 Å². The van der Waals surface area contributed by atoms with Crippen molar-refractivity contribution < 1.29 is 17.7 Å². The van der Waals surface area contributed by atoms with Crippen molar-refractivity contribution in [2.75, 3.05) is 10.6 Å². The molecule has 3 aromatic carbocycles. The molecule has 31 heavy (non-hydrogen) atoms. The standard InChI is InChI=1S/C21H15F3N4O3/c22-21(23,24)20-27-19(28-31-20)14-8-6-13(7-9-14)11-26-16-15(17(29)18(16)30)25-10-12-4-2-1-3-5-12/h1-9,25-26H,10-11H2. The molecule has 0 fully saturated rings. The summed E-state index contributed by atoms with van der Waals surface area (Å²) in [4.78, 5) is 27.1. The first-order chi connectivity index (χ1) is 14.8. The predicted molar refractivity (Wildman–Crippen MR) is 107 cm³/mol. The summed E-state index contributed by atoms with van der Waals surface area (Å²) >= 11 is 0. The lowest BCUT2D eigenvalue weighted by Gasteiger charge is -2.15. The van der Waals surface area contributed by atoms with Gasteiger partial charge in [-0.1, -0.05) is 59.8 Å². The van der Waals surface area contributed by atoms with Crippen LogP contribution in [0.25, 0.3) is 11.4 Å². The predicted octanol–water partition coefficient (Wildman–Crippen LogP) is 3.58. The first kappa shape index (κ1) is 20.3. The van der Waals surface area contributed by atoms with Crippen molar-refractivity contribution in [1.82, 2.24) is 10.1 Å². The fourth-order valence-corrected chi connectivity index (χ4v) is 2.93. The monoisotopic (exact) mass is 428 g/mol. The van der Waals surface area contributed by atoms with Gasteiger partial charge < -0.3 is 15.2 Å². The van der Waals surface area contributed by atoms with E-state index in [1.165, 1.54) is 0 Å². The van der Waals surface area contributed by atoms with Crippen molar-refractivity contribution in [3.63, 3.8) is 0 Å². The fraction of sp³-hybridized carbons (Fsp3) is 0.143. The highest BCUT2D eigenvalue weighted by atomic mass is 19.4. The number of nitrogens with one attached hydrogen (secondary N) is 2. The largest absolute Gasteiger partial charge is 0.471 e. The van der Waals surface area contributed by atoms with Gasteiger partial charge in [-0.2, -0.15) is 18.2 Å². The van der Waals surface area contributed by atoms with Crippen LogP contribution in [0.15, 0.2) is 68.7 Å². The molecule has 0 unspecified atom stereocenters. The Morgan fingerprint density at radius 3 is 1.87 bits per heavy atom. The second-order valence-corrected chi connectivity index (χ2v) is 6.72. The van der Waals surface area contributed by atoms with Crippen LogP contribution in [0.1, 0.15) is 17.0 Å². The number of rotatable bonds is 7. The third-order valence-corrected chi connectivity index (χ3v) is 4.57. The molecule has 0 saturated carbocycles. The van der Waals surface area contributed by atoms with Gasteiger partial charge in [0.1, 0.15) is 11.4 Å². The minimum Gasteiger partial charge on any atom is -0.376 e. The molecule has 4 rings (SSSR count). The topological polar surface area (TPSA) is 97.1 Å². The number of anilines is 2. The minimum atomic E-state index is -4.71. The Morgan fingerprint density at radius 2 is 1.35 bits per heavy atom. The Kier molecular flexibility index (Phi) is 5.28. The van der Waals surface area contributed by atoms with Crippen molar-refractivity contribution in [2.45, 2.75) is 19.3 Å². The van der Waals surface area contributed by atoms with Gasteiger partial charge in [0.25, 0.3) is 10.9 Å². The molecule has 1 aromatic heterocycles. The van der Waals surface area contributed by atoms with Gasteiger partial charge in [-0.3, -0.25) is 9.59 Å². The lowest BCUT2D eigenvalue weighted by Crippen LogP contribution is -2.37. The van der Waals surface area contributed by atoms with Crippen LogP contribution < -0.4 is 21.5 Å². The molecule has 10 heteroatoms. The third kappa shape index (κ3) is 4.32. The van der Waals surface area contributed by atoms with E-state index >= 15 is 0 Å². The number of nitrogens with zero attached hydrogens (tertiary/aromatic N) is 2. The Balaban J connectivity index is 1.40. The summed E-state index contributed by atoms with van der Waals surface area (Å²) in [5, 5.41) is 9.24. The number of hydrogen-bond acceptors (Lipinski definition) is 7. The van der Waals surface area contributed by atoms with E-state index in [1.807, 2.05) is 30.3 Å². The summed E-state index contributed by atoms with van der Waals surface area (Å²) in [5.74, 6) is -1.59. The average molecular weight is 428 g/mol. The number of hydrogen-bond donors (Lipinski definition) is 2. The molecule has 0 bridgehead atoms. The van der Waals surface area contributed by atoms with Gasteiger partial charge in [-0.05, 0) is 11.1 Å². The zero-order valence-corrected chi connectivity index (χ0v) is 15.9. The van der Waals surface area contributed by atoms with Crippen LogP contribution in [0.3, 0.4) is 0 Å². The maximum atomic E-state index is 12.6. The van der Waals surface area contributed by atoms with Crippen LogP contribution in [-0.4, -0.2) is 10.1 Å². The number of aromatic nitrogens is 2. The highest BCUT2D eigenvalue weighted by Crippen LogP contribution is 2.29. The molecule has 2 N–H and O–H groups in total. The Labute approximate surface area is 173 Å². The minimum absolute atomic E-state index is 0.179. The van der Waals surface area contributed by atoms with Crippen LogP contribution in [0.5, 0.6) is 0 Å². The summed E-state index contributed by atoms with van der Waals surface area (Å²) < 4.78 is 41.9. The Morgan fingerprint density at radius 1 is 0.806 bits per heavy atom. The van der Waals surface area contributed by atoms with Crippen LogP contribution in [-0.2, 0) is 19.3 Å². The number of halogens is 3. The highest BCUT2D eigenvalue weighted by Gasteiger charge is 2.38. The summed E-state index contributed by atoms with van der Waals surface area (Å²) in [7, 11) is 0. The first-order valence-electron chi connectivity index (χ1n) is 9.18. The maximum absolute atomic E-state index is 12.6. The summed E-state index contributed by atoms with van der Waals surface area (Å²) in [6, 6.07) is 15.8. The van der Waals surface area contributed by atoms with Crippen molar-refractivity contribution >= 4 is 11.4 Å². The molecule has 7 nitrogen and oxygen atoms in total. The first-order valence-corrected chi connectivity index (χ1v) is 9.18. The zero-order chi connectivity index (χ0) is 22.0. The summed E-state index contributed by atoms with van der Waals surface area (Å²) in [6.45, 7) is 0.644. The van der Waals surface area contributed by atoms with Crippen LogP contribution in [0.2, 0.25) is 0 Å². The molecular formula is C21H15F3N4O3.